The molecule has 1 unspecified atom stereocenters. The lowest BCUT2D eigenvalue weighted by Gasteiger charge is -2.13. The smallest absolute Gasteiger partial charge is 0.253 e. The molecule has 0 radical (unpaired) electrons. The molecule has 0 aliphatic carbocycles. The molecule has 1 aliphatic heterocycles. The van der Waals surface area contributed by atoms with Crippen molar-refractivity contribution in [3.63, 3.8) is 0 Å². The monoisotopic (exact) mass is 303 g/mol. The minimum Gasteiger partial charge on any atom is -0.321 e. The van der Waals surface area contributed by atoms with E-state index in [1.807, 2.05) is 0 Å². The van der Waals surface area contributed by atoms with Crippen LogP contribution in [-0.4, -0.2) is 16.7 Å². The molecule has 0 spiro atoms. The van der Waals surface area contributed by atoms with Crippen LogP contribution in [0.5, 0.6) is 0 Å². The lowest BCUT2D eigenvalue weighted by molar-refractivity contribution is -0.117. The first kappa shape index (κ1) is 14.1. The lowest BCUT2D eigenvalue weighted by atomic mass is 10.2. The quantitative estimate of drug-likeness (QED) is 0.925. The fourth-order valence-electron chi connectivity index (χ4n) is 2.27. The van der Waals surface area contributed by atoms with Gasteiger partial charge in [-0.05, 0) is 30.7 Å². The van der Waals surface area contributed by atoms with Crippen LogP contribution in [0, 0.1) is 18.6 Å². The zero-order chi connectivity index (χ0) is 15.9. The third-order valence-electron chi connectivity index (χ3n) is 3.27. The van der Waals surface area contributed by atoms with Crippen LogP contribution < -0.4 is 10.9 Å². The first-order valence-corrected chi connectivity index (χ1v) is 6.49. The first-order valence-electron chi connectivity index (χ1n) is 6.49. The van der Waals surface area contributed by atoms with Crippen LogP contribution in [-0.2, 0) is 4.79 Å². The van der Waals surface area contributed by atoms with Gasteiger partial charge in [-0.2, -0.15) is 0 Å². The van der Waals surface area contributed by atoms with Crippen molar-refractivity contribution in [3.05, 3.63) is 57.9 Å². The maximum atomic E-state index is 13.6. The number of carbonyl (C=O) groups is 1. The third kappa shape index (κ3) is 2.41. The molecule has 2 heterocycles. The maximum Gasteiger partial charge on any atom is 0.253 e. The maximum absolute atomic E-state index is 13.6. The summed E-state index contributed by atoms with van der Waals surface area (Å²) in [7, 11) is 0. The number of amides is 1. The van der Waals surface area contributed by atoms with E-state index in [-0.39, 0.29) is 11.2 Å². The van der Waals surface area contributed by atoms with Gasteiger partial charge >= 0.3 is 0 Å². The summed E-state index contributed by atoms with van der Waals surface area (Å²) < 4.78 is 27.9. The van der Waals surface area contributed by atoms with E-state index in [4.69, 9.17) is 0 Å². The van der Waals surface area contributed by atoms with Crippen molar-refractivity contribution < 1.29 is 13.6 Å². The van der Waals surface area contributed by atoms with Gasteiger partial charge in [-0.25, -0.2) is 13.8 Å². The van der Waals surface area contributed by atoms with Crippen molar-refractivity contribution in [3.8, 4) is 0 Å². The molecule has 1 N–H and O–H groups in total. The summed E-state index contributed by atoms with van der Waals surface area (Å²) in [6.07, 6.45) is 1.29. The largest absolute Gasteiger partial charge is 0.321 e. The fraction of sp³-hybridized carbons (Fsp3) is 0.133. The number of fused-ring (bicyclic) bond motifs is 1. The Hall–Kier alpha value is -2.83. The Morgan fingerprint density at radius 3 is 2.82 bits per heavy atom. The first-order chi connectivity index (χ1) is 10.5. The van der Waals surface area contributed by atoms with Crippen LogP contribution in [0.3, 0.4) is 0 Å². The predicted octanol–water partition coefficient (Wildman–Crippen LogP) is 2.33. The summed E-state index contributed by atoms with van der Waals surface area (Å²) in [5.74, 6) is -1.76. The average molecular weight is 303 g/mol. The van der Waals surface area contributed by atoms with E-state index in [1.54, 1.807) is 13.0 Å². The van der Waals surface area contributed by atoms with Crippen molar-refractivity contribution in [2.45, 2.75) is 13.0 Å². The van der Waals surface area contributed by atoms with Crippen molar-refractivity contribution in [1.29, 1.82) is 0 Å². The Kier molecular flexibility index (Phi) is 3.32. The number of aryl methyl sites for hydroxylation is 1. The molecule has 5 nitrogen and oxygen atoms in total. The van der Waals surface area contributed by atoms with E-state index in [1.165, 1.54) is 16.8 Å². The van der Waals surface area contributed by atoms with Gasteiger partial charge in [-0.3, -0.25) is 14.2 Å². The van der Waals surface area contributed by atoms with E-state index in [0.717, 1.165) is 23.8 Å². The van der Waals surface area contributed by atoms with Gasteiger partial charge < -0.3 is 5.32 Å². The molecular formula is C15H11F2N3O2. The SMILES string of the molecule is Cc1cc2n(c(=O)c1)C(C(=O)Nc1cc(F)ccc1F)C=N2. The predicted molar refractivity (Wildman–Crippen MR) is 77.6 cm³/mol. The molecule has 0 saturated carbocycles. The van der Waals surface area contributed by atoms with Gasteiger partial charge in [-0.1, -0.05) is 0 Å². The standard InChI is InChI=1S/C15H11F2N3O2/c1-8-4-13-18-7-12(20(13)14(21)5-8)15(22)19-11-6-9(16)2-3-10(11)17/h2-7,12H,1H3,(H,19,22). The highest BCUT2D eigenvalue weighted by Gasteiger charge is 2.27. The summed E-state index contributed by atoms with van der Waals surface area (Å²) in [5, 5.41) is 2.27. The van der Waals surface area contributed by atoms with Crippen LogP contribution in [0.4, 0.5) is 20.3 Å². The second-order valence-electron chi connectivity index (χ2n) is 4.94. The average Bonchev–Trinajstić information content (AvgIpc) is 2.87. The number of aliphatic imine (C=N–C) groups is 1. The summed E-state index contributed by atoms with van der Waals surface area (Å²) >= 11 is 0. The van der Waals surface area contributed by atoms with E-state index in [9.17, 15) is 18.4 Å². The minimum absolute atomic E-state index is 0.285. The van der Waals surface area contributed by atoms with Crippen LogP contribution in [0.15, 0.2) is 40.1 Å². The van der Waals surface area contributed by atoms with E-state index in [0.29, 0.717) is 5.82 Å². The van der Waals surface area contributed by atoms with Crippen LogP contribution >= 0.6 is 0 Å². The number of nitrogens with zero attached hydrogens (tertiary/aromatic N) is 2. The third-order valence-corrected chi connectivity index (χ3v) is 3.27. The number of rotatable bonds is 2. The van der Waals surface area contributed by atoms with Crippen LogP contribution in [0.2, 0.25) is 0 Å². The number of anilines is 1. The highest BCUT2D eigenvalue weighted by molar-refractivity contribution is 6.05. The van der Waals surface area contributed by atoms with Gasteiger partial charge in [0, 0.05) is 18.3 Å². The molecule has 3 rings (SSSR count). The van der Waals surface area contributed by atoms with E-state index < -0.39 is 23.6 Å². The number of nitrogens with one attached hydrogen (secondary N) is 1. The van der Waals surface area contributed by atoms with E-state index in [2.05, 4.69) is 10.3 Å². The molecule has 2 aromatic rings. The van der Waals surface area contributed by atoms with Gasteiger partial charge in [0.15, 0.2) is 6.04 Å². The Morgan fingerprint density at radius 1 is 1.27 bits per heavy atom. The zero-order valence-corrected chi connectivity index (χ0v) is 11.5. The highest BCUT2D eigenvalue weighted by Crippen LogP contribution is 2.24. The molecule has 0 bridgehead atoms. The van der Waals surface area contributed by atoms with Gasteiger partial charge in [-0.15, -0.1) is 0 Å². The van der Waals surface area contributed by atoms with Crippen molar-refractivity contribution in [1.82, 2.24) is 4.57 Å². The van der Waals surface area contributed by atoms with Gasteiger partial charge in [0.25, 0.3) is 11.5 Å². The Labute approximate surface area is 123 Å². The number of pyridine rings is 1. The van der Waals surface area contributed by atoms with Crippen molar-refractivity contribution in [2.24, 2.45) is 4.99 Å². The second kappa shape index (κ2) is 5.18. The zero-order valence-electron chi connectivity index (χ0n) is 11.5. The minimum atomic E-state index is -0.995. The van der Waals surface area contributed by atoms with Crippen LogP contribution in [0.25, 0.3) is 0 Å². The fourth-order valence-corrected chi connectivity index (χ4v) is 2.27. The number of benzene rings is 1. The molecule has 1 amide bonds. The van der Waals surface area contributed by atoms with Crippen molar-refractivity contribution in [2.75, 3.05) is 5.32 Å². The molecule has 1 aromatic heterocycles. The highest BCUT2D eigenvalue weighted by atomic mass is 19.1. The normalized spacial score (nSPS) is 15.7. The Morgan fingerprint density at radius 2 is 2.05 bits per heavy atom. The molecule has 1 aliphatic rings. The topological polar surface area (TPSA) is 63.5 Å². The number of hydrogen-bond donors (Lipinski definition) is 1. The Bertz CT molecular complexity index is 858. The molecule has 0 saturated heterocycles. The summed E-state index contributed by atoms with van der Waals surface area (Å²) in [6, 6.07) is 4.78. The molecule has 1 atom stereocenters. The van der Waals surface area contributed by atoms with Gasteiger partial charge in [0.2, 0.25) is 0 Å². The molecule has 7 heteroatoms. The summed E-state index contributed by atoms with van der Waals surface area (Å²) in [4.78, 5) is 28.2. The van der Waals surface area contributed by atoms with Gasteiger partial charge in [0.05, 0.1) is 5.69 Å². The van der Waals surface area contributed by atoms with E-state index >= 15 is 0 Å². The Balaban J connectivity index is 1.92. The summed E-state index contributed by atoms with van der Waals surface area (Å²) in [6.45, 7) is 1.74. The molecule has 22 heavy (non-hydrogen) atoms. The number of aromatic nitrogens is 1. The number of halogens is 2. The molecule has 1 aromatic carbocycles. The second-order valence-corrected chi connectivity index (χ2v) is 4.94. The molecule has 0 fully saturated rings. The lowest BCUT2D eigenvalue weighted by Crippen LogP contribution is -2.32. The van der Waals surface area contributed by atoms with Crippen molar-refractivity contribution >= 4 is 23.6 Å². The molecular weight excluding hydrogens is 292 g/mol. The van der Waals surface area contributed by atoms with Crippen LogP contribution in [0.1, 0.15) is 11.6 Å². The molecule has 112 valence electrons. The number of hydrogen-bond acceptors (Lipinski definition) is 3. The van der Waals surface area contributed by atoms with Gasteiger partial charge in [0.1, 0.15) is 17.5 Å². The summed E-state index contributed by atoms with van der Waals surface area (Å²) in [5.41, 5.74) is 0.0602. The number of carbonyl (C=O) groups excluding carboxylic acids is 1.